The zero-order valence-electron chi connectivity index (χ0n) is 6.50. The minimum atomic E-state index is 0.185. The predicted octanol–water partition coefficient (Wildman–Crippen LogP) is 0.974. The van der Waals surface area contributed by atoms with Crippen molar-refractivity contribution >= 4 is 6.47 Å². The molecule has 0 bridgehead atoms. The Labute approximate surface area is 61.3 Å². The highest BCUT2D eigenvalue weighted by Gasteiger charge is 1.98. The molecule has 0 aliphatic carbocycles. The van der Waals surface area contributed by atoms with E-state index in [0.29, 0.717) is 19.7 Å². The summed E-state index contributed by atoms with van der Waals surface area (Å²) in [6, 6.07) is 0. The molecule has 3 nitrogen and oxygen atoms in total. The lowest BCUT2D eigenvalue weighted by Gasteiger charge is -2.09. The van der Waals surface area contributed by atoms with E-state index in [2.05, 4.69) is 4.74 Å². The summed E-state index contributed by atoms with van der Waals surface area (Å²) in [7, 11) is 0. The van der Waals surface area contributed by atoms with Gasteiger partial charge in [-0.05, 0) is 13.8 Å². The number of ether oxygens (including phenoxy) is 2. The molecule has 3 heteroatoms. The third-order valence-electron chi connectivity index (χ3n) is 1.16. The highest BCUT2D eigenvalue weighted by Crippen LogP contribution is 1.95. The van der Waals surface area contributed by atoms with E-state index in [9.17, 15) is 4.79 Å². The van der Waals surface area contributed by atoms with E-state index in [4.69, 9.17) is 4.74 Å². The minimum absolute atomic E-state index is 0.185. The molecular weight excluding hydrogens is 132 g/mol. The van der Waals surface area contributed by atoms with Gasteiger partial charge < -0.3 is 9.47 Å². The van der Waals surface area contributed by atoms with Gasteiger partial charge in [-0.1, -0.05) is 0 Å². The summed E-state index contributed by atoms with van der Waals surface area (Å²) in [5.74, 6) is 0. The summed E-state index contributed by atoms with van der Waals surface area (Å²) >= 11 is 0. The van der Waals surface area contributed by atoms with Crippen LogP contribution < -0.4 is 0 Å². The third kappa shape index (κ3) is 5.56. The van der Waals surface area contributed by atoms with Crippen LogP contribution in [0.2, 0.25) is 0 Å². The Morgan fingerprint density at radius 3 is 2.80 bits per heavy atom. The second-order valence-corrected chi connectivity index (χ2v) is 2.02. The van der Waals surface area contributed by atoms with Crippen LogP contribution in [0.15, 0.2) is 0 Å². The van der Waals surface area contributed by atoms with E-state index < -0.39 is 0 Å². The Balaban J connectivity index is 3.04. The van der Waals surface area contributed by atoms with Gasteiger partial charge >= 0.3 is 0 Å². The number of hydrogen-bond donors (Lipinski definition) is 0. The topological polar surface area (TPSA) is 35.5 Å². The highest BCUT2D eigenvalue weighted by molar-refractivity contribution is 5.36. The zero-order chi connectivity index (χ0) is 7.82. The van der Waals surface area contributed by atoms with Gasteiger partial charge in [0.25, 0.3) is 6.47 Å². The standard InChI is InChI=1S/C7H14O3/c1-3-10-7(2)4-5-9-6-8/h6-7H,3-5H2,1-2H3. The zero-order valence-corrected chi connectivity index (χ0v) is 6.50. The second-order valence-electron chi connectivity index (χ2n) is 2.02. The molecular formula is C7H14O3. The van der Waals surface area contributed by atoms with Crippen molar-refractivity contribution in [1.29, 1.82) is 0 Å². The van der Waals surface area contributed by atoms with Crippen LogP contribution in [0.3, 0.4) is 0 Å². The van der Waals surface area contributed by atoms with Crippen molar-refractivity contribution < 1.29 is 14.3 Å². The number of hydrogen-bond acceptors (Lipinski definition) is 3. The average Bonchev–Trinajstić information content (AvgIpc) is 1.89. The molecule has 0 aromatic rings. The summed E-state index contributed by atoms with van der Waals surface area (Å²) in [6.45, 7) is 5.51. The predicted molar refractivity (Wildman–Crippen MR) is 37.7 cm³/mol. The fraction of sp³-hybridized carbons (Fsp3) is 0.857. The molecule has 1 unspecified atom stereocenters. The smallest absolute Gasteiger partial charge is 0.293 e. The molecule has 0 aliphatic rings. The first-order valence-corrected chi connectivity index (χ1v) is 3.48. The Morgan fingerprint density at radius 1 is 1.60 bits per heavy atom. The molecule has 0 saturated heterocycles. The van der Waals surface area contributed by atoms with Crippen molar-refractivity contribution in [2.24, 2.45) is 0 Å². The summed E-state index contributed by atoms with van der Waals surface area (Å²) < 4.78 is 9.68. The minimum Gasteiger partial charge on any atom is -0.468 e. The summed E-state index contributed by atoms with van der Waals surface area (Å²) in [5, 5.41) is 0. The quantitative estimate of drug-likeness (QED) is 0.414. The van der Waals surface area contributed by atoms with Crippen molar-refractivity contribution in [1.82, 2.24) is 0 Å². The summed E-state index contributed by atoms with van der Waals surface area (Å²) in [5.41, 5.74) is 0. The average molecular weight is 146 g/mol. The van der Waals surface area contributed by atoms with Crippen LogP contribution >= 0.6 is 0 Å². The highest BCUT2D eigenvalue weighted by atomic mass is 16.5. The van der Waals surface area contributed by atoms with Crippen molar-refractivity contribution in [2.45, 2.75) is 26.4 Å². The summed E-state index contributed by atoms with van der Waals surface area (Å²) in [6.07, 6.45) is 0.956. The second kappa shape index (κ2) is 6.55. The van der Waals surface area contributed by atoms with E-state index in [0.717, 1.165) is 6.42 Å². The molecule has 10 heavy (non-hydrogen) atoms. The monoisotopic (exact) mass is 146 g/mol. The Hall–Kier alpha value is -0.570. The maximum absolute atomic E-state index is 9.68. The van der Waals surface area contributed by atoms with Crippen LogP contribution in [0.5, 0.6) is 0 Å². The molecule has 0 amide bonds. The van der Waals surface area contributed by atoms with Crippen molar-refractivity contribution in [2.75, 3.05) is 13.2 Å². The number of rotatable bonds is 6. The van der Waals surface area contributed by atoms with Gasteiger partial charge in [-0.15, -0.1) is 0 Å². The van der Waals surface area contributed by atoms with Crippen LogP contribution in [0.4, 0.5) is 0 Å². The van der Waals surface area contributed by atoms with E-state index in [1.165, 1.54) is 0 Å². The van der Waals surface area contributed by atoms with Gasteiger partial charge in [-0.25, -0.2) is 0 Å². The molecule has 0 rings (SSSR count). The van der Waals surface area contributed by atoms with Gasteiger partial charge in [0, 0.05) is 13.0 Å². The SMILES string of the molecule is CCOC(C)CCOC=O. The van der Waals surface area contributed by atoms with Crippen LogP contribution in [-0.4, -0.2) is 25.8 Å². The van der Waals surface area contributed by atoms with Crippen LogP contribution in [0, 0.1) is 0 Å². The molecule has 0 aliphatic heterocycles. The first-order valence-electron chi connectivity index (χ1n) is 3.48. The van der Waals surface area contributed by atoms with E-state index >= 15 is 0 Å². The van der Waals surface area contributed by atoms with Crippen LogP contribution in [0.1, 0.15) is 20.3 Å². The maximum atomic E-state index is 9.68. The number of carbonyl (C=O) groups is 1. The molecule has 0 spiro atoms. The molecule has 1 atom stereocenters. The molecule has 0 saturated carbocycles. The molecule has 0 N–H and O–H groups in total. The Morgan fingerprint density at radius 2 is 2.30 bits per heavy atom. The normalized spacial score (nSPS) is 12.6. The first kappa shape index (κ1) is 9.43. The van der Waals surface area contributed by atoms with Gasteiger partial charge in [0.2, 0.25) is 0 Å². The van der Waals surface area contributed by atoms with Gasteiger partial charge in [0.1, 0.15) is 0 Å². The van der Waals surface area contributed by atoms with Crippen molar-refractivity contribution in [3.8, 4) is 0 Å². The Bertz CT molecular complexity index is 82.9. The van der Waals surface area contributed by atoms with E-state index in [-0.39, 0.29) is 6.10 Å². The lowest BCUT2D eigenvalue weighted by atomic mass is 10.3. The fourth-order valence-corrected chi connectivity index (χ4v) is 0.650. The summed E-state index contributed by atoms with van der Waals surface area (Å²) in [4.78, 5) is 9.68. The van der Waals surface area contributed by atoms with Crippen LogP contribution in [-0.2, 0) is 14.3 Å². The lowest BCUT2D eigenvalue weighted by Crippen LogP contribution is -2.10. The van der Waals surface area contributed by atoms with Gasteiger partial charge in [-0.3, -0.25) is 4.79 Å². The third-order valence-corrected chi connectivity index (χ3v) is 1.16. The van der Waals surface area contributed by atoms with Crippen LogP contribution in [0.25, 0.3) is 0 Å². The largest absolute Gasteiger partial charge is 0.468 e. The van der Waals surface area contributed by atoms with Crippen molar-refractivity contribution in [3.05, 3.63) is 0 Å². The molecule has 60 valence electrons. The maximum Gasteiger partial charge on any atom is 0.293 e. The lowest BCUT2D eigenvalue weighted by molar-refractivity contribution is -0.129. The van der Waals surface area contributed by atoms with Gasteiger partial charge in [0.05, 0.1) is 12.7 Å². The molecule has 0 heterocycles. The van der Waals surface area contributed by atoms with Gasteiger partial charge in [-0.2, -0.15) is 0 Å². The van der Waals surface area contributed by atoms with E-state index in [1.54, 1.807) is 0 Å². The fourth-order valence-electron chi connectivity index (χ4n) is 0.650. The van der Waals surface area contributed by atoms with Crippen molar-refractivity contribution in [3.63, 3.8) is 0 Å². The molecule has 0 aromatic heterocycles. The Kier molecular flexibility index (Phi) is 6.18. The first-order chi connectivity index (χ1) is 4.81. The van der Waals surface area contributed by atoms with E-state index in [1.807, 2.05) is 13.8 Å². The molecule has 0 aromatic carbocycles. The molecule has 0 fully saturated rings. The number of carbonyl (C=O) groups excluding carboxylic acids is 1. The van der Waals surface area contributed by atoms with Gasteiger partial charge in [0.15, 0.2) is 0 Å². The molecule has 0 radical (unpaired) electrons.